The molecule has 1 N–H and O–H groups in total. The molecule has 0 bridgehead atoms. The van der Waals surface area contributed by atoms with Crippen molar-refractivity contribution in [1.29, 1.82) is 0 Å². The van der Waals surface area contributed by atoms with Crippen molar-refractivity contribution in [3.05, 3.63) is 62.6 Å². The average Bonchev–Trinajstić information content (AvgIpc) is 3.21. The van der Waals surface area contributed by atoms with Crippen LogP contribution in [0, 0.1) is 0 Å². The summed E-state index contributed by atoms with van der Waals surface area (Å²) in [6, 6.07) is 7.90. The van der Waals surface area contributed by atoms with Crippen LogP contribution in [-0.4, -0.2) is 24.6 Å². The fraction of sp³-hybridized carbons (Fsp3) is 0.333. The van der Waals surface area contributed by atoms with Gasteiger partial charge in [0.1, 0.15) is 6.54 Å². The molecule has 8 nitrogen and oxygen atoms in total. The summed E-state index contributed by atoms with van der Waals surface area (Å²) in [7, 11) is 3.22. The Balaban J connectivity index is 1.64. The molecule has 2 heterocycles. The topological polar surface area (TPSA) is 90.9 Å². The molecule has 0 saturated heterocycles. The zero-order valence-electron chi connectivity index (χ0n) is 14.6. The highest BCUT2D eigenvalue weighted by Gasteiger charge is 2.24. The van der Waals surface area contributed by atoms with Crippen molar-refractivity contribution in [3.63, 3.8) is 0 Å². The van der Waals surface area contributed by atoms with Gasteiger partial charge in [-0.15, -0.1) is 0 Å². The van der Waals surface area contributed by atoms with E-state index < -0.39 is 11.2 Å². The van der Waals surface area contributed by atoms with Crippen molar-refractivity contribution in [3.8, 4) is 0 Å². The third-order valence-electron chi connectivity index (χ3n) is 4.97. The quantitative estimate of drug-likeness (QED) is 0.730. The van der Waals surface area contributed by atoms with Gasteiger partial charge in [0.05, 0.1) is 12.4 Å². The molecule has 26 heavy (non-hydrogen) atoms. The summed E-state index contributed by atoms with van der Waals surface area (Å²) in [5.41, 5.74) is 1.87. The number of carbonyl (C=O) groups excluding carboxylic acids is 1. The minimum atomic E-state index is -0.553. The summed E-state index contributed by atoms with van der Waals surface area (Å²) in [5.74, 6) is -0.354. The molecule has 1 aliphatic rings. The van der Waals surface area contributed by atoms with Gasteiger partial charge in [-0.1, -0.05) is 24.3 Å². The molecule has 1 aromatic carbocycles. The van der Waals surface area contributed by atoms with Crippen LogP contribution >= 0.6 is 0 Å². The molecule has 1 amide bonds. The maximum Gasteiger partial charge on any atom is 0.332 e. The highest BCUT2D eigenvalue weighted by molar-refractivity contribution is 5.77. The summed E-state index contributed by atoms with van der Waals surface area (Å²) in [6.07, 6.45) is 3.20. The normalized spacial score (nSPS) is 16.0. The molecular weight excluding hydrogens is 334 g/mol. The minimum absolute atomic E-state index is 0.0845. The Bertz CT molecular complexity index is 1140. The molecule has 3 aromatic rings. The molecule has 1 atom stereocenters. The molecule has 0 aliphatic heterocycles. The smallest absolute Gasteiger partial charge is 0.332 e. The van der Waals surface area contributed by atoms with Gasteiger partial charge in [0.2, 0.25) is 5.91 Å². The van der Waals surface area contributed by atoms with Gasteiger partial charge in [-0.3, -0.25) is 14.2 Å². The number of hydrogen-bond donors (Lipinski definition) is 1. The second kappa shape index (κ2) is 5.98. The van der Waals surface area contributed by atoms with Gasteiger partial charge in [0.25, 0.3) is 5.56 Å². The second-order valence-corrected chi connectivity index (χ2v) is 6.62. The number of aromatic nitrogens is 4. The molecule has 0 saturated carbocycles. The molecule has 1 unspecified atom stereocenters. The second-order valence-electron chi connectivity index (χ2n) is 6.62. The lowest BCUT2D eigenvalue weighted by molar-refractivity contribution is -0.122. The van der Waals surface area contributed by atoms with Crippen LogP contribution in [0.25, 0.3) is 11.2 Å². The van der Waals surface area contributed by atoms with Gasteiger partial charge in [-0.2, -0.15) is 0 Å². The van der Waals surface area contributed by atoms with Gasteiger partial charge in [-0.05, 0) is 24.0 Å². The number of aryl methyl sites for hydroxylation is 3. The molecule has 134 valence electrons. The third kappa shape index (κ3) is 2.45. The molecule has 4 rings (SSSR count). The lowest BCUT2D eigenvalue weighted by Crippen LogP contribution is -2.44. The maximum atomic E-state index is 12.7. The maximum absolute atomic E-state index is 12.7. The molecular formula is C18H19N5O3. The van der Waals surface area contributed by atoms with Gasteiger partial charge < -0.3 is 9.88 Å². The fourth-order valence-electron chi connectivity index (χ4n) is 3.63. The number of nitrogens with zero attached hydrogens (tertiary/aromatic N) is 4. The van der Waals surface area contributed by atoms with Crippen molar-refractivity contribution < 1.29 is 4.79 Å². The first-order valence-corrected chi connectivity index (χ1v) is 8.45. The van der Waals surface area contributed by atoms with Gasteiger partial charge in [0.15, 0.2) is 11.2 Å². The SMILES string of the molecule is Cn1cnc2c1c(=O)n(CC(=O)NC1CCc3ccccc31)c(=O)n2C. The Hall–Kier alpha value is -3.16. The number of nitrogens with one attached hydrogen (secondary N) is 1. The molecule has 2 aromatic heterocycles. The summed E-state index contributed by atoms with van der Waals surface area (Å²) in [6.45, 7) is -0.314. The summed E-state index contributed by atoms with van der Waals surface area (Å²) >= 11 is 0. The number of benzene rings is 1. The molecule has 0 fully saturated rings. The van der Waals surface area contributed by atoms with E-state index in [9.17, 15) is 14.4 Å². The molecule has 1 aliphatic carbocycles. The first-order valence-electron chi connectivity index (χ1n) is 8.45. The van der Waals surface area contributed by atoms with Crippen molar-refractivity contribution in [1.82, 2.24) is 24.0 Å². The predicted octanol–water partition coefficient (Wildman–Crippen LogP) is 0.237. The monoisotopic (exact) mass is 353 g/mol. The number of hydrogen-bond acceptors (Lipinski definition) is 4. The van der Waals surface area contributed by atoms with E-state index in [0.29, 0.717) is 11.2 Å². The molecule has 8 heteroatoms. The van der Waals surface area contributed by atoms with E-state index in [2.05, 4.69) is 16.4 Å². The highest BCUT2D eigenvalue weighted by atomic mass is 16.2. The first-order chi connectivity index (χ1) is 12.5. The number of rotatable bonds is 3. The number of carbonyl (C=O) groups is 1. The minimum Gasteiger partial charge on any atom is -0.348 e. The molecule has 0 radical (unpaired) electrons. The van der Waals surface area contributed by atoms with Crippen molar-refractivity contribution in [2.75, 3.05) is 0 Å². The van der Waals surface area contributed by atoms with Crippen LogP contribution < -0.4 is 16.6 Å². The number of fused-ring (bicyclic) bond motifs is 2. The van der Waals surface area contributed by atoms with Crippen molar-refractivity contribution >= 4 is 17.1 Å². The van der Waals surface area contributed by atoms with E-state index in [-0.39, 0.29) is 18.5 Å². The van der Waals surface area contributed by atoms with E-state index in [4.69, 9.17) is 0 Å². The summed E-state index contributed by atoms with van der Waals surface area (Å²) in [4.78, 5) is 41.7. The molecule has 0 spiro atoms. The highest BCUT2D eigenvalue weighted by Crippen LogP contribution is 2.30. The van der Waals surface area contributed by atoms with Crippen LogP contribution in [0.5, 0.6) is 0 Å². The summed E-state index contributed by atoms with van der Waals surface area (Å²) in [5, 5.41) is 2.94. The average molecular weight is 353 g/mol. The van der Waals surface area contributed by atoms with Crippen LogP contribution in [-0.2, 0) is 31.9 Å². The standard InChI is InChI=1S/C18H19N5O3/c1-21-10-19-16-15(21)17(25)23(18(26)22(16)2)9-14(24)20-13-8-7-11-5-3-4-6-12(11)13/h3-6,10,13H,7-9H2,1-2H3,(H,20,24). The fourth-order valence-corrected chi connectivity index (χ4v) is 3.63. The van der Waals surface area contributed by atoms with Crippen LogP contribution in [0.4, 0.5) is 0 Å². The van der Waals surface area contributed by atoms with Crippen LogP contribution in [0.3, 0.4) is 0 Å². The lowest BCUT2D eigenvalue weighted by Gasteiger charge is -2.15. The lowest BCUT2D eigenvalue weighted by atomic mass is 10.1. The Labute approximate surface area is 148 Å². The van der Waals surface area contributed by atoms with Crippen LogP contribution in [0.1, 0.15) is 23.6 Å². The third-order valence-corrected chi connectivity index (χ3v) is 4.97. The zero-order valence-corrected chi connectivity index (χ0v) is 14.6. The largest absolute Gasteiger partial charge is 0.348 e. The Morgan fingerprint density at radius 2 is 2.04 bits per heavy atom. The first kappa shape index (κ1) is 16.3. The zero-order chi connectivity index (χ0) is 18.4. The van der Waals surface area contributed by atoms with E-state index in [1.54, 1.807) is 18.7 Å². The van der Waals surface area contributed by atoms with E-state index in [1.165, 1.54) is 16.5 Å². The van der Waals surface area contributed by atoms with Gasteiger partial charge >= 0.3 is 5.69 Å². The summed E-state index contributed by atoms with van der Waals surface area (Å²) < 4.78 is 3.80. The Morgan fingerprint density at radius 3 is 2.85 bits per heavy atom. The number of imidazole rings is 1. The van der Waals surface area contributed by atoms with Crippen LogP contribution in [0.15, 0.2) is 40.2 Å². The van der Waals surface area contributed by atoms with E-state index >= 15 is 0 Å². The van der Waals surface area contributed by atoms with E-state index in [0.717, 1.165) is 23.0 Å². The Kier molecular flexibility index (Phi) is 3.75. The van der Waals surface area contributed by atoms with E-state index in [1.807, 2.05) is 18.2 Å². The van der Waals surface area contributed by atoms with Gasteiger partial charge in [0, 0.05) is 14.1 Å². The van der Waals surface area contributed by atoms with Gasteiger partial charge in [-0.25, -0.2) is 14.3 Å². The van der Waals surface area contributed by atoms with Crippen molar-refractivity contribution in [2.45, 2.75) is 25.4 Å². The van der Waals surface area contributed by atoms with Crippen LogP contribution in [0.2, 0.25) is 0 Å². The van der Waals surface area contributed by atoms with Crippen molar-refractivity contribution in [2.24, 2.45) is 14.1 Å². The Morgan fingerprint density at radius 1 is 1.27 bits per heavy atom. The predicted molar refractivity (Wildman–Crippen MR) is 95.9 cm³/mol. The number of amides is 1.